The number of carboxylic acid groups (broad SMARTS) is 1. The number of aromatic hydroxyl groups is 1. The number of furan rings is 1. The van der Waals surface area contributed by atoms with Gasteiger partial charge in [-0.3, -0.25) is 10.2 Å². The number of anilines is 2. The number of carboxylic acids is 1. The Morgan fingerprint density at radius 2 is 1.56 bits per heavy atom. The lowest BCUT2D eigenvalue weighted by atomic mass is 10.1. The molecular weight excluding hydrogens is 576 g/mol. The van der Waals surface area contributed by atoms with Crippen LogP contribution in [0.2, 0.25) is 0 Å². The number of fused-ring (bicyclic) bond motifs is 1. The van der Waals surface area contributed by atoms with Gasteiger partial charge in [0.25, 0.3) is 0 Å². The van der Waals surface area contributed by atoms with Crippen molar-refractivity contribution in [3.8, 4) is 17.1 Å². The summed E-state index contributed by atoms with van der Waals surface area (Å²) in [5, 5.41) is 42.5. The molecule has 0 atom stereocenters. The first-order chi connectivity index (χ1) is 21.9. The minimum Gasteiger partial charge on any atom is -0.505 e. The van der Waals surface area contributed by atoms with E-state index in [0.29, 0.717) is 11.4 Å². The van der Waals surface area contributed by atoms with E-state index in [0.717, 1.165) is 71.6 Å². The fourth-order valence-corrected chi connectivity index (χ4v) is 5.24. The van der Waals surface area contributed by atoms with Crippen LogP contribution in [-0.2, 0) is 17.6 Å². The summed E-state index contributed by atoms with van der Waals surface area (Å²) in [7, 11) is 0. The molecule has 0 bridgehead atoms. The van der Waals surface area contributed by atoms with Gasteiger partial charge in [-0.2, -0.15) is 15.2 Å². The number of hydrazone groups is 2. The number of nitrogens with one attached hydrogen (secondary N) is 5. The van der Waals surface area contributed by atoms with Crippen molar-refractivity contribution in [3.05, 3.63) is 65.4 Å². The number of carbonyl (C=O) groups is 2. The molecule has 238 valence electrons. The van der Waals surface area contributed by atoms with Gasteiger partial charge in [-0.05, 0) is 73.7 Å². The second-order valence-electron chi connectivity index (χ2n) is 10.9. The average Bonchev–Trinajstić information content (AvgIpc) is 3.82. The van der Waals surface area contributed by atoms with Crippen LogP contribution in [0.5, 0.6) is 5.75 Å². The van der Waals surface area contributed by atoms with Crippen molar-refractivity contribution in [2.75, 3.05) is 62.8 Å². The molecular formula is C32H40N8O5. The van der Waals surface area contributed by atoms with E-state index in [1.54, 1.807) is 25.1 Å². The van der Waals surface area contributed by atoms with Crippen molar-refractivity contribution in [1.82, 2.24) is 21.3 Å². The van der Waals surface area contributed by atoms with E-state index >= 15 is 0 Å². The second-order valence-corrected chi connectivity index (χ2v) is 10.9. The van der Waals surface area contributed by atoms with Crippen LogP contribution < -0.4 is 31.7 Å². The number of phenols is 1. The maximum atomic E-state index is 13.0. The number of benzene rings is 2. The van der Waals surface area contributed by atoms with Gasteiger partial charge in [0.1, 0.15) is 5.76 Å². The lowest BCUT2D eigenvalue weighted by Gasteiger charge is -2.13. The number of rotatable bonds is 5. The molecule has 13 heteroatoms. The highest BCUT2D eigenvalue weighted by molar-refractivity contribution is 6.71. The molecule has 7 rings (SSSR count). The molecule has 1 aliphatic carbocycles. The monoisotopic (exact) mass is 616 g/mol. The van der Waals surface area contributed by atoms with E-state index in [4.69, 9.17) is 9.52 Å². The number of amides is 1. The fraction of sp³-hybridized carbons (Fsp3) is 0.375. The molecule has 2 aromatic carbocycles. The van der Waals surface area contributed by atoms with Gasteiger partial charge >= 0.3 is 11.9 Å². The fourth-order valence-electron chi connectivity index (χ4n) is 5.24. The predicted octanol–water partition coefficient (Wildman–Crippen LogP) is 2.39. The Hall–Kier alpha value is -4.56. The molecule has 0 unspecified atom stereocenters. The zero-order chi connectivity index (χ0) is 31.6. The van der Waals surface area contributed by atoms with Crippen molar-refractivity contribution in [3.63, 3.8) is 0 Å². The molecule has 13 nitrogen and oxygen atoms in total. The van der Waals surface area contributed by atoms with Crippen LogP contribution in [-0.4, -0.2) is 85.9 Å². The molecule has 4 aliphatic rings. The van der Waals surface area contributed by atoms with E-state index in [9.17, 15) is 14.7 Å². The number of piperazine rings is 2. The van der Waals surface area contributed by atoms with Crippen molar-refractivity contribution < 1.29 is 24.2 Å². The van der Waals surface area contributed by atoms with Crippen molar-refractivity contribution in [2.45, 2.75) is 26.2 Å². The number of para-hydroxylation sites is 1. The smallest absolute Gasteiger partial charge is 0.371 e. The Bertz CT molecular complexity index is 1520. The minimum atomic E-state index is -1.20. The first kappa shape index (κ1) is 31.9. The quantitative estimate of drug-likeness (QED) is 0.166. The lowest BCUT2D eigenvalue weighted by Crippen LogP contribution is -2.39. The van der Waals surface area contributed by atoms with Crippen LogP contribution in [0.4, 0.5) is 11.4 Å². The van der Waals surface area contributed by atoms with Crippen LogP contribution in [0.1, 0.15) is 35.0 Å². The summed E-state index contributed by atoms with van der Waals surface area (Å²) in [5.74, 6) is -1.81. The van der Waals surface area contributed by atoms with Gasteiger partial charge in [-0.25, -0.2) is 4.79 Å². The molecule has 4 heterocycles. The second kappa shape index (κ2) is 15.4. The van der Waals surface area contributed by atoms with Crippen molar-refractivity contribution in [2.24, 2.45) is 10.2 Å². The molecule has 2 saturated heterocycles. The summed E-state index contributed by atoms with van der Waals surface area (Å²) in [6.07, 6.45) is 3.17. The topological polar surface area (TPSA) is 176 Å². The molecule has 3 aromatic rings. The standard InChI is InChI=1S/C24H20N4O5.2C4H10N2/c1-13-21(23(30)28(27-13)16-9-8-14-4-2-5-15(14)12-16)26-25-18-7-3-6-17(22(18)29)19-10-11-20(33-19)24(31)32;2*1-2-6-4-3-5-1/h3,6-12,25,29H,2,4-5H2,1H3,(H,31,32);2*5-6H,1-4H2. The Balaban J connectivity index is 0.000000277. The third kappa shape index (κ3) is 8.13. The number of phenolic OH excluding ortho intramolecular Hbond substituents is 1. The third-order valence-electron chi connectivity index (χ3n) is 7.63. The highest BCUT2D eigenvalue weighted by Gasteiger charge is 2.31. The number of carbonyl (C=O) groups excluding carboxylic acids is 1. The SMILES string of the molecule is C1CNCCN1.C1CNCCN1.CC1=NN(c2ccc3c(c2)CCC3)C(=O)C1=NNc1cccc(-c2ccc(C(=O)O)o2)c1O. The molecule has 3 aliphatic heterocycles. The Labute approximate surface area is 261 Å². The van der Waals surface area contributed by atoms with E-state index in [-0.39, 0.29) is 40.1 Å². The lowest BCUT2D eigenvalue weighted by molar-refractivity contribution is -0.112. The van der Waals surface area contributed by atoms with Gasteiger partial charge in [0.05, 0.1) is 22.6 Å². The summed E-state index contributed by atoms with van der Waals surface area (Å²) in [6.45, 7) is 10.8. The van der Waals surface area contributed by atoms with Crippen molar-refractivity contribution in [1.29, 1.82) is 0 Å². The van der Waals surface area contributed by atoms with Gasteiger partial charge in [-0.15, -0.1) is 0 Å². The molecule has 45 heavy (non-hydrogen) atoms. The normalized spacial score (nSPS) is 18.3. The predicted molar refractivity (Wildman–Crippen MR) is 174 cm³/mol. The first-order valence-electron chi connectivity index (χ1n) is 15.3. The molecule has 1 amide bonds. The Morgan fingerprint density at radius 3 is 2.16 bits per heavy atom. The zero-order valence-electron chi connectivity index (χ0n) is 25.4. The molecule has 7 N–H and O–H groups in total. The number of hydrogen-bond donors (Lipinski definition) is 7. The van der Waals surface area contributed by atoms with Gasteiger partial charge < -0.3 is 35.9 Å². The summed E-state index contributed by atoms with van der Waals surface area (Å²) in [5.41, 5.74) is 7.06. The summed E-state index contributed by atoms with van der Waals surface area (Å²) < 4.78 is 5.27. The Kier molecular flexibility index (Phi) is 10.9. The summed E-state index contributed by atoms with van der Waals surface area (Å²) in [6, 6.07) is 13.5. The van der Waals surface area contributed by atoms with Crippen LogP contribution in [0, 0.1) is 0 Å². The van der Waals surface area contributed by atoms with E-state index < -0.39 is 5.97 Å². The summed E-state index contributed by atoms with van der Waals surface area (Å²) >= 11 is 0. The Morgan fingerprint density at radius 1 is 0.911 bits per heavy atom. The van der Waals surface area contributed by atoms with Gasteiger partial charge in [-0.1, -0.05) is 12.1 Å². The maximum absolute atomic E-state index is 13.0. The number of aromatic carboxylic acids is 1. The maximum Gasteiger partial charge on any atom is 0.371 e. The third-order valence-corrected chi connectivity index (χ3v) is 7.63. The van der Waals surface area contributed by atoms with Gasteiger partial charge in [0, 0.05) is 52.4 Å². The van der Waals surface area contributed by atoms with E-state index in [1.807, 2.05) is 18.2 Å². The van der Waals surface area contributed by atoms with E-state index in [1.165, 1.54) is 28.3 Å². The molecule has 0 radical (unpaired) electrons. The molecule has 1 aromatic heterocycles. The summed E-state index contributed by atoms with van der Waals surface area (Å²) in [4.78, 5) is 24.0. The molecule has 2 fully saturated rings. The molecule has 0 spiro atoms. The highest BCUT2D eigenvalue weighted by Crippen LogP contribution is 2.36. The van der Waals surface area contributed by atoms with Gasteiger partial charge in [0.15, 0.2) is 11.5 Å². The first-order valence-corrected chi connectivity index (χ1v) is 15.3. The van der Waals surface area contributed by atoms with Gasteiger partial charge in [0.2, 0.25) is 5.76 Å². The highest BCUT2D eigenvalue weighted by atomic mass is 16.4. The zero-order valence-corrected chi connectivity index (χ0v) is 25.4. The largest absolute Gasteiger partial charge is 0.505 e. The van der Waals surface area contributed by atoms with E-state index in [2.05, 4.69) is 36.9 Å². The van der Waals surface area contributed by atoms with Crippen LogP contribution in [0.25, 0.3) is 11.3 Å². The number of nitrogens with zero attached hydrogens (tertiary/aromatic N) is 3. The average molecular weight is 617 g/mol. The number of hydrogen-bond acceptors (Lipinski definition) is 11. The van der Waals surface area contributed by atoms with Crippen molar-refractivity contribution >= 4 is 34.7 Å². The minimum absolute atomic E-state index is 0.131. The number of aryl methyl sites for hydroxylation is 2. The van der Waals surface area contributed by atoms with Crippen LogP contribution >= 0.6 is 0 Å². The molecule has 0 saturated carbocycles. The van der Waals surface area contributed by atoms with Crippen LogP contribution in [0.15, 0.2) is 63.2 Å². The van der Waals surface area contributed by atoms with Crippen LogP contribution in [0.3, 0.4) is 0 Å².